The number of piperidine rings is 1. The van der Waals surface area contributed by atoms with Crippen LogP contribution in [0.2, 0.25) is 0 Å². The molecule has 1 N–H and O–H groups in total. The Balaban J connectivity index is 0.00000232. The van der Waals surface area contributed by atoms with Crippen LogP contribution in [0.1, 0.15) is 60.3 Å². The molecule has 0 aliphatic carbocycles. The van der Waals surface area contributed by atoms with Crippen molar-refractivity contribution in [3.63, 3.8) is 0 Å². The lowest BCUT2D eigenvalue weighted by Gasteiger charge is -2.42. The first kappa shape index (κ1) is 21.7. The number of ether oxygens (including phenoxy) is 1. The molecule has 0 radical (unpaired) electrons. The summed E-state index contributed by atoms with van der Waals surface area (Å²) >= 11 is 0. The van der Waals surface area contributed by atoms with Crippen LogP contribution in [0.4, 0.5) is 4.79 Å². The molecule has 1 heterocycles. The van der Waals surface area contributed by atoms with Gasteiger partial charge >= 0.3 is 6.09 Å². The molecule has 1 aliphatic rings. The van der Waals surface area contributed by atoms with Crippen LogP contribution in [0.5, 0.6) is 0 Å². The van der Waals surface area contributed by atoms with Crippen molar-refractivity contribution < 1.29 is 14.6 Å². The number of amides is 1. The molecule has 0 aromatic carbocycles. The molecular formula is C19H35NO3. The van der Waals surface area contributed by atoms with Crippen molar-refractivity contribution in [3.05, 3.63) is 24.8 Å². The maximum absolute atomic E-state index is 12.1. The van der Waals surface area contributed by atoms with Gasteiger partial charge in [-0.2, -0.15) is 0 Å². The summed E-state index contributed by atoms with van der Waals surface area (Å²) in [5.41, 5.74) is 0.510. The fraction of sp³-hybridized carbons (Fsp3) is 0.737. The average Bonchev–Trinajstić information content (AvgIpc) is 2.52. The van der Waals surface area contributed by atoms with Crippen molar-refractivity contribution in [2.45, 2.75) is 65.9 Å². The van der Waals surface area contributed by atoms with Gasteiger partial charge in [0.05, 0.1) is 0 Å². The first-order chi connectivity index (χ1) is 10.7. The van der Waals surface area contributed by atoms with Gasteiger partial charge in [0, 0.05) is 19.7 Å². The number of carbonyl (C=O) groups excluding carboxylic acids is 1. The van der Waals surface area contributed by atoms with Crippen LogP contribution >= 0.6 is 0 Å². The molecule has 0 unspecified atom stereocenters. The first-order valence-corrected chi connectivity index (χ1v) is 8.65. The van der Waals surface area contributed by atoms with Gasteiger partial charge < -0.3 is 14.7 Å². The zero-order valence-electron chi connectivity index (χ0n) is 15.7. The summed E-state index contributed by atoms with van der Waals surface area (Å²) in [6, 6.07) is 0. The lowest BCUT2D eigenvalue weighted by molar-refractivity contribution is 0.0125. The number of aliphatic hydroxyl groups is 1. The molecule has 0 bridgehead atoms. The topological polar surface area (TPSA) is 49.8 Å². The Kier molecular flexibility index (Phi) is 9.21. The number of allylic oxidation sites excluding steroid dienone is 2. The molecule has 0 spiro atoms. The van der Waals surface area contributed by atoms with Gasteiger partial charge in [0.2, 0.25) is 0 Å². The zero-order chi connectivity index (χ0) is 18.1. The van der Waals surface area contributed by atoms with E-state index >= 15 is 0 Å². The minimum absolute atomic E-state index is 0.0387. The van der Waals surface area contributed by atoms with E-state index in [0.717, 1.165) is 31.3 Å². The van der Waals surface area contributed by atoms with Crippen LogP contribution in [-0.4, -0.2) is 41.4 Å². The number of rotatable bonds is 5. The summed E-state index contributed by atoms with van der Waals surface area (Å²) in [5, 5.41) is 9.09. The van der Waals surface area contributed by atoms with Crippen LogP contribution in [0.15, 0.2) is 24.8 Å². The predicted octanol–water partition coefficient (Wildman–Crippen LogP) is 4.54. The highest BCUT2D eigenvalue weighted by molar-refractivity contribution is 5.68. The van der Waals surface area contributed by atoms with Gasteiger partial charge in [-0.15, -0.1) is 0 Å². The van der Waals surface area contributed by atoms with Crippen molar-refractivity contribution in [2.75, 3.05) is 19.7 Å². The SMILES string of the molecule is C=CC(=C)C1(CCCO)CCN(C(=O)OC(C)(C)C)CC1.CC. The van der Waals surface area contributed by atoms with E-state index in [-0.39, 0.29) is 18.1 Å². The van der Waals surface area contributed by atoms with E-state index in [1.807, 2.05) is 34.6 Å². The Morgan fingerprint density at radius 1 is 1.30 bits per heavy atom. The van der Waals surface area contributed by atoms with Crippen LogP contribution in [0, 0.1) is 5.41 Å². The van der Waals surface area contributed by atoms with Crippen molar-refractivity contribution in [1.29, 1.82) is 0 Å². The quantitative estimate of drug-likeness (QED) is 0.755. The van der Waals surface area contributed by atoms with Crippen molar-refractivity contribution in [2.24, 2.45) is 5.41 Å². The van der Waals surface area contributed by atoms with E-state index in [1.165, 1.54) is 0 Å². The fourth-order valence-electron chi connectivity index (χ4n) is 2.81. The highest BCUT2D eigenvalue weighted by Crippen LogP contribution is 2.42. The minimum Gasteiger partial charge on any atom is -0.444 e. The predicted molar refractivity (Wildman–Crippen MR) is 96.5 cm³/mol. The van der Waals surface area contributed by atoms with Crippen LogP contribution in [-0.2, 0) is 4.74 Å². The summed E-state index contributed by atoms with van der Waals surface area (Å²) in [4.78, 5) is 13.9. The van der Waals surface area contributed by atoms with Crippen molar-refractivity contribution in [1.82, 2.24) is 4.90 Å². The highest BCUT2D eigenvalue weighted by Gasteiger charge is 2.37. The third-order valence-corrected chi connectivity index (χ3v) is 4.11. The molecule has 4 nitrogen and oxygen atoms in total. The molecule has 0 aromatic rings. The van der Waals surface area contributed by atoms with Crippen LogP contribution in [0.25, 0.3) is 0 Å². The number of aliphatic hydroxyl groups excluding tert-OH is 1. The van der Waals surface area contributed by atoms with Gasteiger partial charge in [0.1, 0.15) is 5.60 Å². The summed E-state index contributed by atoms with van der Waals surface area (Å²) in [6.45, 7) is 19.1. The summed E-state index contributed by atoms with van der Waals surface area (Å²) in [7, 11) is 0. The molecule has 0 saturated carbocycles. The van der Waals surface area contributed by atoms with Gasteiger partial charge in [0.25, 0.3) is 0 Å². The minimum atomic E-state index is -0.465. The molecule has 0 atom stereocenters. The number of carbonyl (C=O) groups is 1. The zero-order valence-corrected chi connectivity index (χ0v) is 15.7. The number of nitrogens with zero attached hydrogens (tertiary/aromatic N) is 1. The molecule has 1 aliphatic heterocycles. The third-order valence-electron chi connectivity index (χ3n) is 4.11. The van der Waals surface area contributed by atoms with Gasteiger partial charge in [-0.1, -0.05) is 33.1 Å². The van der Waals surface area contributed by atoms with E-state index in [9.17, 15) is 4.79 Å². The molecule has 1 amide bonds. The lowest BCUT2D eigenvalue weighted by atomic mass is 9.70. The summed E-state index contributed by atoms with van der Waals surface area (Å²) in [6.07, 6.45) is 4.88. The number of likely N-dealkylation sites (tertiary alicyclic amines) is 1. The Hall–Kier alpha value is -1.29. The van der Waals surface area contributed by atoms with E-state index in [2.05, 4.69) is 13.2 Å². The Bertz CT molecular complexity index is 388. The third kappa shape index (κ3) is 6.78. The highest BCUT2D eigenvalue weighted by atomic mass is 16.6. The van der Waals surface area contributed by atoms with E-state index in [4.69, 9.17) is 9.84 Å². The lowest BCUT2D eigenvalue weighted by Crippen LogP contribution is -2.45. The number of hydrogen-bond acceptors (Lipinski definition) is 3. The number of hydrogen-bond donors (Lipinski definition) is 1. The Labute approximate surface area is 142 Å². The molecular weight excluding hydrogens is 290 g/mol. The Morgan fingerprint density at radius 3 is 2.22 bits per heavy atom. The van der Waals surface area contributed by atoms with E-state index < -0.39 is 5.60 Å². The normalized spacial score (nSPS) is 16.9. The Morgan fingerprint density at radius 2 is 1.83 bits per heavy atom. The van der Waals surface area contributed by atoms with Crippen LogP contribution < -0.4 is 0 Å². The maximum Gasteiger partial charge on any atom is 0.410 e. The van der Waals surface area contributed by atoms with Crippen molar-refractivity contribution in [3.8, 4) is 0 Å². The standard InChI is InChI=1S/C17H29NO3.C2H6/c1-6-14(2)17(8-7-13-19)9-11-18(12-10-17)15(20)21-16(3,4)5;1-2/h6,19H,1-2,7-13H2,3-5H3;1-2H3. The van der Waals surface area contributed by atoms with Gasteiger partial charge in [-0.05, 0) is 57.4 Å². The first-order valence-electron chi connectivity index (χ1n) is 8.65. The van der Waals surface area contributed by atoms with E-state index in [0.29, 0.717) is 13.1 Å². The second-order valence-corrected chi connectivity index (χ2v) is 6.80. The monoisotopic (exact) mass is 325 g/mol. The molecule has 1 rings (SSSR count). The second-order valence-electron chi connectivity index (χ2n) is 6.80. The summed E-state index contributed by atoms with van der Waals surface area (Å²) in [5.74, 6) is 0. The van der Waals surface area contributed by atoms with Crippen molar-refractivity contribution >= 4 is 6.09 Å². The molecule has 1 fully saturated rings. The molecule has 23 heavy (non-hydrogen) atoms. The van der Waals surface area contributed by atoms with Gasteiger partial charge in [-0.3, -0.25) is 0 Å². The molecule has 1 saturated heterocycles. The smallest absolute Gasteiger partial charge is 0.410 e. The van der Waals surface area contributed by atoms with Gasteiger partial charge in [-0.25, -0.2) is 4.79 Å². The average molecular weight is 325 g/mol. The molecule has 0 aromatic heterocycles. The molecule has 134 valence electrons. The molecule has 4 heteroatoms. The largest absolute Gasteiger partial charge is 0.444 e. The fourth-order valence-corrected chi connectivity index (χ4v) is 2.81. The second kappa shape index (κ2) is 9.76. The maximum atomic E-state index is 12.1. The van der Waals surface area contributed by atoms with E-state index in [1.54, 1.807) is 11.0 Å². The van der Waals surface area contributed by atoms with Gasteiger partial charge in [0.15, 0.2) is 0 Å². The van der Waals surface area contributed by atoms with Crippen LogP contribution in [0.3, 0.4) is 0 Å². The summed E-state index contributed by atoms with van der Waals surface area (Å²) < 4.78 is 5.42.